The Morgan fingerprint density at radius 3 is 2.22 bits per heavy atom. The summed E-state index contributed by atoms with van der Waals surface area (Å²) in [6.07, 6.45) is 5.33. The molecule has 27 heavy (non-hydrogen) atoms. The second kappa shape index (κ2) is 7.16. The summed E-state index contributed by atoms with van der Waals surface area (Å²) < 4.78 is 0. The number of fused-ring (bicyclic) bond motifs is 1. The normalized spacial score (nSPS) is 17.1. The van der Waals surface area contributed by atoms with Crippen molar-refractivity contribution in [3.8, 4) is 0 Å². The fourth-order valence-corrected chi connectivity index (χ4v) is 3.96. The zero-order chi connectivity index (χ0) is 19.0. The van der Waals surface area contributed by atoms with Crippen LogP contribution in [0, 0.1) is 0 Å². The molecule has 3 amide bonds. The van der Waals surface area contributed by atoms with Crippen molar-refractivity contribution in [2.75, 3.05) is 4.90 Å². The number of hydrogen-bond donors (Lipinski definition) is 1. The molecule has 4 rings (SSSR count). The number of imide groups is 1. The Morgan fingerprint density at radius 1 is 0.963 bits per heavy atom. The van der Waals surface area contributed by atoms with Crippen molar-refractivity contribution in [3.05, 3.63) is 64.2 Å². The largest absolute Gasteiger partial charge is 0.349 e. The number of nitrogens with one attached hydrogen (secondary N) is 1. The van der Waals surface area contributed by atoms with Gasteiger partial charge in [0.2, 0.25) is 0 Å². The molecular formula is C21H19ClN2O3. The summed E-state index contributed by atoms with van der Waals surface area (Å²) in [5.41, 5.74) is 1.35. The predicted molar refractivity (Wildman–Crippen MR) is 103 cm³/mol. The highest BCUT2D eigenvalue weighted by molar-refractivity contribution is 6.36. The van der Waals surface area contributed by atoms with E-state index in [4.69, 9.17) is 11.6 Å². The van der Waals surface area contributed by atoms with E-state index in [9.17, 15) is 14.4 Å². The topological polar surface area (TPSA) is 66.5 Å². The van der Waals surface area contributed by atoms with Crippen LogP contribution < -0.4 is 10.2 Å². The Kier molecular flexibility index (Phi) is 4.70. The molecule has 0 radical (unpaired) electrons. The first kappa shape index (κ1) is 17.7. The first-order valence-electron chi connectivity index (χ1n) is 9.14. The van der Waals surface area contributed by atoms with E-state index in [-0.39, 0.29) is 17.5 Å². The van der Waals surface area contributed by atoms with Gasteiger partial charge in [0.1, 0.15) is 0 Å². The van der Waals surface area contributed by atoms with Crippen molar-refractivity contribution >= 4 is 35.0 Å². The Hall–Kier alpha value is -2.66. The zero-order valence-electron chi connectivity index (χ0n) is 14.7. The van der Waals surface area contributed by atoms with Crippen LogP contribution in [-0.4, -0.2) is 23.8 Å². The number of halogens is 1. The third-order valence-electron chi connectivity index (χ3n) is 5.19. The predicted octanol–water partition coefficient (Wildman–Crippen LogP) is 4.20. The molecule has 0 aromatic heterocycles. The van der Waals surface area contributed by atoms with Gasteiger partial charge in [0.05, 0.1) is 27.4 Å². The number of nitrogens with zero attached hydrogens (tertiary/aromatic N) is 1. The quantitative estimate of drug-likeness (QED) is 0.809. The van der Waals surface area contributed by atoms with Crippen LogP contribution in [0.2, 0.25) is 5.02 Å². The summed E-state index contributed by atoms with van der Waals surface area (Å²) in [5.74, 6) is -1.06. The van der Waals surface area contributed by atoms with Crippen LogP contribution in [0.15, 0.2) is 42.5 Å². The van der Waals surface area contributed by atoms with Gasteiger partial charge in [-0.1, -0.05) is 43.0 Å². The van der Waals surface area contributed by atoms with Gasteiger partial charge < -0.3 is 5.32 Å². The second-order valence-electron chi connectivity index (χ2n) is 6.96. The minimum absolute atomic E-state index is 0.144. The van der Waals surface area contributed by atoms with E-state index in [0.29, 0.717) is 21.8 Å². The third kappa shape index (κ3) is 3.23. The van der Waals surface area contributed by atoms with Crippen molar-refractivity contribution in [1.29, 1.82) is 0 Å². The number of rotatable bonds is 3. The number of carbonyl (C=O) groups is 3. The van der Waals surface area contributed by atoms with E-state index < -0.39 is 11.8 Å². The fourth-order valence-electron chi connectivity index (χ4n) is 3.76. The van der Waals surface area contributed by atoms with Crippen molar-refractivity contribution in [1.82, 2.24) is 5.32 Å². The first-order valence-corrected chi connectivity index (χ1v) is 9.52. The molecule has 2 aliphatic rings. The van der Waals surface area contributed by atoms with Gasteiger partial charge in [-0.05, 0) is 43.2 Å². The van der Waals surface area contributed by atoms with Crippen molar-refractivity contribution < 1.29 is 14.4 Å². The molecule has 0 spiro atoms. The molecule has 0 unspecified atom stereocenters. The summed E-state index contributed by atoms with van der Waals surface area (Å²) in [6.45, 7) is 0. The van der Waals surface area contributed by atoms with Gasteiger partial charge in [-0.15, -0.1) is 0 Å². The van der Waals surface area contributed by atoms with Crippen molar-refractivity contribution in [2.45, 2.75) is 38.1 Å². The molecule has 1 aliphatic heterocycles. The summed E-state index contributed by atoms with van der Waals surface area (Å²) in [4.78, 5) is 39.1. The Bertz CT molecular complexity index is 900. The Labute approximate surface area is 162 Å². The van der Waals surface area contributed by atoms with Gasteiger partial charge in [0, 0.05) is 6.04 Å². The van der Waals surface area contributed by atoms with E-state index in [2.05, 4.69) is 5.32 Å². The van der Waals surface area contributed by atoms with Gasteiger partial charge in [-0.3, -0.25) is 14.4 Å². The van der Waals surface area contributed by atoms with Crippen LogP contribution >= 0.6 is 11.6 Å². The maximum atomic E-state index is 12.7. The second-order valence-corrected chi connectivity index (χ2v) is 7.37. The zero-order valence-corrected chi connectivity index (χ0v) is 15.5. The van der Waals surface area contributed by atoms with E-state index in [0.717, 1.165) is 30.6 Å². The van der Waals surface area contributed by atoms with Gasteiger partial charge in [-0.2, -0.15) is 0 Å². The minimum Gasteiger partial charge on any atom is -0.349 e. The highest BCUT2D eigenvalue weighted by Gasteiger charge is 2.36. The van der Waals surface area contributed by atoms with Crippen LogP contribution in [-0.2, 0) is 0 Å². The molecule has 1 heterocycles. The van der Waals surface area contributed by atoms with Crippen LogP contribution in [0.1, 0.15) is 63.2 Å². The molecule has 2 aromatic rings. The summed E-state index contributed by atoms with van der Waals surface area (Å²) >= 11 is 6.23. The lowest BCUT2D eigenvalue weighted by molar-refractivity contribution is 0.0911. The molecule has 2 aromatic carbocycles. The molecule has 1 aliphatic carbocycles. The van der Waals surface area contributed by atoms with Gasteiger partial charge >= 0.3 is 0 Å². The summed E-state index contributed by atoms with van der Waals surface area (Å²) in [7, 11) is 0. The molecule has 0 bridgehead atoms. The van der Waals surface area contributed by atoms with Crippen LogP contribution in [0.4, 0.5) is 5.69 Å². The van der Waals surface area contributed by atoms with Gasteiger partial charge in [0.15, 0.2) is 0 Å². The number of amides is 3. The maximum absolute atomic E-state index is 12.7. The van der Waals surface area contributed by atoms with E-state index >= 15 is 0 Å². The van der Waals surface area contributed by atoms with Crippen LogP contribution in [0.3, 0.4) is 0 Å². The number of benzene rings is 2. The highest BCUT2D eigenvalue weighted by atomic mass is 35.5. The molecular weight excluding hydrogens is 364 g/mol. The molecule has 1 N–H and O–H groups in total. The minimum atomic E-state index is -0.392. The van der Waals surface area contributed by atoms with E-state index in [1.165, 1.54) is 12.5 Å². The highest BCUT2D eigenvalue weighted by Crippen LogP contribution is 2.31. The van der Waals surface area contributed by atoms with E-state index in [1.54, 1.807) is 36.4 Å². The van der Waals surface area contributed by atoms with Crippen LogP contribution in [0.25, 0.3) is 0 Å². The lowest BCUT2D eigenvalue weighted by Crippen LogP contribution is -2.36. The summed E-state index contributed by atoms with van der Waals surface area (Å²) in [6, 6.07) is 11.5. The summed E-state index contributed by atoms with van der Waals surface area (Å²) in [5, 5.41) is 3.32. The molecule has 138 valence electrons. The van der Waals surface area contributed by atoms with Crippen LogP contribution in [0.5, 0.6) is 0 Å². The Balaban J connectivity index is 1.62. The molecule has 0 atom stereocenters. The smallest absolute Gasteiger partial charge is 0.266 e. The SMILES string of the molecule is O=C(NC1CCCCC1)c1cc(N2C(=O)c3ccccc3C2=O)ccc1Cl. The van der Waals surface area contributed by atoms with Gasteiger partial charge in [0.25, 0.3) is 17.7 Å². The lowest BCUT2D eigenvalue weighted by atomic mass is 9.95. The standard InChI is InChI=1S/C21H19ClN2O3/c22-18-11-10-14(12-17(18)19(25)23-13-6-2-1-3-7-13)24-20(26)15-8-4-5-9-16(15)21(24)27/h4-5,8-13H,1-3,6-7H2,(H,23,25). The monoisotopic (exact) mass is 382 g/mol. The number of anilines is 1. The molecule has 6 heteroatoms. The fraction of sp³-hybridized carbons (Fsp3) is 0.286. The molecule has 0 saturated heterocycles. The third-order valence-corrected chi connectivity index (χ3v) is 5.52. The Morgan fingerprint density at radius 2 is 1.59 bits per heavy atom. The van der Waals surface area contributed by atoms with Crippen molar-refractivity contribution in [3.63, 3.8) is 0 Å². The molecule has 1 saturated carbocycles. The first-order chi connectivity index (χ1) is 13.1. The van der Waals surface area contributed by atoms with E-state index in [1.807, 2.05) is 0 Å². The lowest BCUT2D eigenvalue weighted by Gasteiger charge is -2.23. The average molecular weight is 383 g/mol. The van der Waals surface area contributed by atoms with Gasteiger partial charge in [-0.25, -0.2) is 4.90 Å². The molecule has 5 nitrogen and oxygen atoms in total. The average Bonchev–Trinajstić information content (AvgIpc) is 2.94. The molecule has 1 fully saturated rings. The van der Waals surface area contributed by atoms with Crippen molar-refractivity contribution in [2.24, 2.45) is 0 Å². The number of hydrogen-bond acceptors (Lipinski definition) is 3. The maximum Gasteiger partial charge on any atom is 0.266 e. The number of carbonyl (C=O) groups excluding carboxylic acids is 3.